The number of ether oxygens (including phenoxy) is 2. The van der Waals surface area contributed by atoms with Gasteiger partial charge in [-0.3, -0.25) is 4.79 Å². The second kappa shape index (κ2) is 9.10. The Morgan fingerprint density at radius 3 is 2.72 bits per heavy atom. The predicted octanol–water partition coefficient (Wildman–Crippen LogP) is 2.91. The van der Waals surface area contributed by atoms with Crippen LogP contribution >= 0.6 is 11.6 Å². The van der Waals surface area contributed by atoms with Crippen molar-refractivity contribution in [1.82, 2.24) is 0 Å². The highest BCUT2D eigenvalue weighted by molar-refractivity contribution is 6.32. The Morgan fingerprint density at radius 2 is 2.04 bits per heavy atom. The van der Waals surface area contributed by atoms with Gasteiger partial charge in [0.05, 0.1) is 31.0 Å². The molecule has 0 radical (unpaired) electrons. The van der Waals surface area contributed by atoms with Crippen molar-refractivity contribution in [3.8, 4) is 11.5 Å². The molecular weight excluding hydrogens is 351 g/mol. The van der Waals surface area contributed by atoms with Gasteiger partial charge in [0.25, 0.3) is 0 Å². The molecule has 0 spiro atoms. The Hall–Kier alpha value is -2.51. The number of halogens is 2. The molecular formula is C17H18ClFN2O4. The fourth-order valence-corrected chi connectivity index (χ4v) is 2.30. The van der Waals surface area contributed by atoms with Crippen LogP contribution < -0.4 is 20.1 Å². The third-order valence-corrected chi connectivity index (χ3v) is 3.46. The van der Waals surface area contributed by atoms with Crippen LogP contribution in [0.25, 0.3) is 0 Å². The lowest BCUT2D eigenvalue weighted by atomic mass is 10.2. The van der Waals surface area contributed by atoms with E-state index >= 15 is 0 Å². The van der Waals surface area contributed by atoms with E-state index < -0.39 is 5.82 Å². The second-order valence-corrected chi connectivity index (χ2v) is 5.37. The van der Waals surface area contributed by atoms with Crippen LogP contribution in [0.2, 0.25) is 5.02 Å². The Bertz CT molecular complexity index is 743. The SMILES string of the molecule is COc1ccc(NC(=O)CNc2ccc(F)cc2OCCO)cc1Cl. The molecule has 2 aromatic rings. The zero-order chi connectivity index (χ0) is 18.2. The van der Waals surface area contributed by atoms with Crippen LogP contribution in [-0.2, 0) is 4.79 Å². The van der Waals surface area contributed by atoms with Gasteiger partial charge in [-0.25, -0.2) is 4.39 Å². The lowest BCUT2D eigenvalue weighted by molar-refractivity contribution is -0.114. The minimum absolute atomic E-state index is 0.0225. The van der Waals surface area contributed by atoms with E-state index in [0.29, 0.717) is 22.1 Å². The van der Waals surface area contributed by atoms with Gasteiger partial charge >= 0.3 is 0 Å². The maximum absolute atomic E-state index is 13.3. The molecule has 0 aliphatic carbocycles. The standard InChI is InChI=1S/C17H18ClFN2O4/c1-24-15-5-3-12(9-13(15)18)21-17(23)10-20-14-4-2-11(19)8-16(14)25-7-6-22/h2-5,8-9,20,22H,6-7,10H2,1H3,(H,21,23). The number of aliphatic hydroxyl groups excluding tert-OH is 1. The number of benzene rings is 2. The maximum atomic E-state index is 13.3. The summed E-state index contributed by atoms with van der Waals surface area (Å²) < 4.78 is 23.6. The predicted molar refractivity (Wildman–Crippen MR) is 94.1 cm³/mol. The molecule has 0 aliphatic rings. The maximum Gasteiger partial charge on any atom is 0.243 e. The van der Waals surface area contributed by atoms with E-state index in [4.69, 9.17) is 26.2 Å². The normalized spacial score (nSPS) is 10.2. The van der Waals surface area contributed by atoms with Gasteiger partial charge in [0.2, 0.25) is 5.91 Å². The quantitative estimate of drug-likeness (QED) is 0.667. The summed E-state index contributed by atoms with van der Waals surface area (Å²) in [5.74, 6) is -0.0707. The second-order valence-electron chi connectivity index (χ2n) is 4.96. The largest absolute Gasteiger partial charge is 0.495 e. The molecule has 8 heteroatoms. The van der Waals surface area contributed by atoms with E-state index in [-0.39, 0.29) is 31.4 Å². The summed E-state index contributed by atoms with van der Waals surface area (Å²) in [4.78, 5) is 12.0. The van der Waals surface area contributed by atoms with Crippen molar-refractivity contribution >= 4 is 28.9 Å². The molecule has 0 atom stereocenters. The molecule has 6 nitrogen and oxygen atoms in total. The van der Waals surface area contributed by atoms with Crippen LogP contribution in [0.4, 0.5) is 15.8 Å². The molecule has 0 saturated heterocycles. The molecule has 25 heavy (non-hydrogen) atoms. The van der Waals surface area contributed by atoms with Crippen molar-refractivity contribution in [2.24, 2.45) is 0 Å². The molecule has 0 unspecified atom stereocenters. The number of nitrogens with one attached hydrogen (secondary N) is 2. The third-order valence-electron chi connectivity index (χ3n) is 3.17. The molecule has 0 aromatic heterocycles. The Labute approximate surface area is 149 Å². The van der Waals surface area contributed by atoms with E-state index in [2.05, 4.69) is 10.6 Å². The van der Waals surface area contributed by atoms with Crippen molar-refractivity contribution in [3.63, 3.8) is 0 Å². The molecule has 3 N–H and O–H groups in total. The number of hydrogen-bond donors (Lipinski definition) is 3. The molecule has 134 valence electrons. The number of amides is 1. The average Bonchev–Trinajstić information content (AvgIpc) is 2.59. The average molecular weight is 369 g/mol. The molecule has 0 aliphatic heterocycles. The van der Waals surface area contributed by atoms with Crippen molar-refractivity contribution in [3.05, 3.63) is 47.2 Å². The van der Waals surface area contributed by atoms with E-state index in [0.717, 1.165) is 0 Å². The first kappa shape index (κ1) is 18.8. The van der Waals surface area contributed by atoms with Gasteiger partial charge < -0.3 is 25.2 Å². The zero-order valence-electron chi connectivity index (χ0n) is 13.5. The number of aliphatic hydroxyl groups is 1. The molecule has 0 bridgehead atoms. The summed E-state index contributed by atoms with van der Waals surface area (Å²) in [6, 6.07) is 8.77. The summed E-state index contributed by atoms with van der Waals surface area (Å²) in [5.41, 5.74) is 0.964. The number of carbonyl (C=O) groups is 1. The summed E-state index contributed by atoms with van der Waals surface area (Å²) in [6.07, 6.45) is 0. The topological polar surface area (TPSA) is 79.8 Å². The third kappa shape index (κ3) is 5.51. The number of hydrogen-bond acceptors (Lipinski definition) is 5. The summed E-state index contributed by atoms with van der Waals surface area (Å²) in [6.45, 7) is -0.242. The van der Waals surface area contributed by atoms with E-state index in [1.165, 1.54) is 25.3 Å². The number of carbonyl (C=O) groups excluding carboxylic acids is 1. The first-order valence-corrected chi connectivity index (χ1v) is 7.81. The Kier molecular flexibility index (Phi) is 6.85. The number of rotatable bonds is 8. The Morgan fingerprint density at radius 1 is 1.24 bits per heavy atom. The van der Waals surface area contributed by atoms with Gasteiger partial charge in [-0.2, -0.15) is 0 Å². The first-order chi connectivity index (χ1) is 12.0. The summed E-state index contributed by atoms with van der Waals surface area (Å²) >= 11 is 6.01. The highest BCUT2D eigenvalue weighted by Crippen LogP contribution is 2.27. The van der Waals surface area contributed by atoms with E-state index in [1.807, 2.05) is 0 Å². The molecule has 0 heterocycles. The minimum atomic E-state index is -0.476. The molecule has 2 aromatic carbocycles. The van der Waals surface area contributed by atoms with Crippen LogP contribution in [0.3, 0.4) is 0 Å². The van der Waals surface area contributed by atoms with Crippen LogP contribution in [0.5, 0.6) is 11.5 Å². The first-order valence-electron chi connectivity index (χ1n) is 7.44. The molecule has 0 fully saturated rings. The zero-order valence-corrected chi connectivity index (χ0v) is 14.3. The molecule has 0 saturated carbocycles. The van der Waals surface area contributed by atoms with E-state index in [1.54, 1.807) is 18.2 Å². The number of methoxy groups -OCH3 is 1. The highest BCUT2D eigenvalue weighted by atomic mass is 35.5. The van der Waals surface area contributed by atoms with Crippen LogP contribution in [0.1, 0.15) is 0 Å². The van der Waals surface area contributed by atoms with Gasteiger partial charge in [-0.15, -0.1) is 0 Å². The lowest BCUT2D eigenvalue weighted by Crippen LogP contribution is -2.22. The van der Waals surface area contributed by atoms with Crippen LogP contribution in [0, 0.1) is 5.82 Å². The smallest absolute Gasteiger partial charge is 0.243 e. The van der Waals surface area contributed by atoms with Gasteiger partial charge in [0, 0.05) is 11.8 Å². The Balaban J connectivity index is 1.96. The minimum Gasteiger partial charge on any atom is -0.495 e. The van der Waals surface area contributed by atoms with Gasteiger partial charge in [0.15, 0.2) is 0 Å². The summed E-state index contributed by atoms with van der Waals surface area (Å²) in [5, 5.41) is 14.7. The van der Waals surface area contributed by atoms with Gasteiger partial charge in [-0.1, -0.05) is 11.6 Å². The summed E-state index contributed by atoms with van der Waals surface area (Å²) in [7, 11) is 1.50. The van der Waals surface area contributed by atoms with Crippen LogP contribution in [0.15, 0.2) is 36.4 Å². The van der Waals surface area contributed by atoms with Crippen LogP contribution in [-0.4, -0.2) is 37.9 Å². The molecule has 1 amide bonds. The van der Waals surface area contributed by atoms with Gasteiger partial charge in [-0.05, 0) is 30.3 Å². The van der Waals surface area contributed by atoms with Gasteiger partial charge in [0.1, 0.15) is 23.9 Å². The van der Waals surface area contributed by atoms with Crippen molar-refractivity contribution < 1.29 is 23.8 Å². The fourth-order valence-electron chi connectivity index (χ4n) is 2.04. The van der Waals surface area contributed by atoms with E-state index in [9.17, 15) is 9.18 Å². The van der Waals surface area contributed by atoms with Crippen molar-refractivity contribution in [1.29, 1.82) is 0 Å². The monoisotopic (exact) mass is 368 g/mol. The highest BCUT2D eigenvalue weighted by Gasteiger charge is 2.09. The fraction of sp³-hybridized carbons (Fsp3) is 0.235. The van der Waals surface area contributed by atoms with Crippen molar-refractivity contribution in [2.45, 2.75) is 0 Å². The number of anilines is 2. The van der Waals surface area contributed by atoms with Crippen molar-refractivity contribution in [2.75, 3.05) is 37.5 Å². The molecule has 2 rings (SSSR count). The lowest BCUT2D eigenvalue weighted by Gasteiger charge is -2.13.